The maximum atomic E-state index is 12.3. The molecule has 2 heterocycles. The van der Waals surface area contributed by atoms with Gasteiger partial charge in [0, 0.05) is 27.1 Å². The Kier molecular flexibility index (Phi) is 7.64. The second-order valence-electron chi connectivity index (χ2n) is 10.4. The lowest BCUT2D eigenvalue weighted by Gasteiger charge is -2.20. The van der Waals surface area contributed by atoms with E-state index in [4.69, 9.17) is 20.4 Å². The molecular weight excluding hydrogens is 494 g/mol. The van der Waals surface area contributed by atoms with Crippen LogP contribution in [0.4, 0.5) is 0 Å². The number of carbonyl (C=O) groups is 1. The number of hydrogen-bond acceptors (Lipinski definition) is 5. The molecule has 2 aromatic heterocycles. The van der Waals surface area contributed by atoms with Gasteiger partial charge in [0.25, 0.3) is 0 Å². The fraction of sp³-hybridized carbons (Fsp3) is 0.229. The predicted octanol–water partition coefficient (Wildman–Crippen LogP) is 7.83. The molecule has 0 radical (unpaired) electrons. The van der Waals surface area contributed by atoms with Crippen LogP contribution in [-0.2, 0) is 16.0 Å². The first-order valence-corrected chi connectivity index (χ1v) is 14.1. The summed E-state index contributed by atoms with van der Waals surface area (Å²) in [7, 11) is 0. The monoisotopic (exact) mass is 527 g/mol. The summed E-state index contributed by atoms with van der Waals surface area (Å²) in [5.41, 5.74) is 11.9. The minimum atomic E-state index is -0.382. The Morgan fingerprint density at radius 3 is 2.00 bits per heavy atom. The number of fused-ring (bicyclic) bond motifs is 4. The van der Waals surface area contributed by atoms with Gasteiger partial charge in [-0.15, -0.1) is 0 Å². The molecule has 0 aliphatic heterocycles. The van der Waals surface area contributed by atoms with Gasteiger partial charge in [0.15, 0.2) is 0 Å². The van der Waals surface area contributed by atoms with Gasteiger partial charge in [0.1, 0.15) is 6.10 Å². The molecule has 0 bridgehead atoms. The number of unbranched alkanes of at least 4 members (excludes halogenated alkanes) is 3. The standard InChI is InChI=1S/C35H33N3O2/c36-23-35(39)40-34(27-15-10-19-33-29(27)22-26-13-6-8-17-31(26)38-33)20-4-2-1-3-11-24-14-9-18-32-28(24)21-25-12-5-7-16-30(25)37-32/h5-10,12-19,21-22,34H,1-4,11,20,23,36H2. The lowest BCUT2D eigenvalue weighted by molar-refractivity contribution is -0.148. The van der Waals surface area contributed by atoms with Crippen LogP contribution >= 0.6 is 0 Å². The topological polar surface area (TPSA) is 78.1 Å². The number of aromatic nitrogens is 2. The van der Waals surface area contributed by atoms with Crippen LogP contribution < -0.4 is 5.73 Å². The Hall–Kier alpha value is -4.35. The molecule has 200 valence electrons. The van der Waals surface area contributed by atoms with E-state index in [9.17, 15) is 4.79 Å². The highest BCUT2D eigenvalue weighted by molar-refractivity contribution is 5.95. The zero-order valence-electron chi connectivity index (χ0n) is 22.6. The Morgan fingerprint density at radius 2 is 1.27 bits per heavy atom. The van der Waals surface area contributed by atoms with Crippen molar-refractivity contribution in [1.82, 2.24) is 9.97 Å². The molecule has 0 amide bonds. The van der Waals surface area contributed by atoms with Crippen molar-refractivity contribution < 1.29 is 9.53 Å². The number of nitrogens with zero attached hydrogens (tertiary/aromatic N) is 2. The van der Waals surface area contributed by atoms with Crippen molar-refractivity contribution in [1.29, 1.82) is 0 Å². The predicted molar refractivity (Wildman–Crippen MR) is 163 cm³/mol. The number of aryl methyl sites for hydroxylation is 1. The first kappa shape index (κ1) is 25.9. The summed E-state index contributed by atoms with van der Waals surface area (Å²) in [6.07, 6.45) is 5.66. The molecule has 0 aliphatic carbocycles. The molecule has 5 nitrogen and oxygen atoms in total. The molecule has 40 heavy (non-hydrogen) atoms. The van der Waals surface area contributed by atoms with E-state index in [1.807, 2.05) is 42.5 Å². The highest BCUT2D eigenvalue weighted by Gasteiger charge is 2.19. The molecule has 0 aliphatic rings. The van der Waals surface area contributed by atoms with E-state index < -0.39 is 0 Å². The minimum absolute atomic E-state index is 0.127. The van der Waals surface area contributed by atoms with Crippen molar-refractivity contribution in [2.24, 2.45) is 5.73 Å². The Bertz CT molecular complexity index is 1810. The maximum Gasteiger partial charge on any atom is 0.320 e. The first-order valence-electron chi connectivity index (χ1n) is 14.1. The summed E-state index contributed by atoms with van der Waals surface area (Å²) in [4.78, 5) is 22.0. The largest absolute Gasteiger partial charge is 0.457 e. The lowest BCUT2D eigenvalue weighted by atomic mass is 9.96. The average Bonchev–Trinajstić information content (AvgIpc) is 2.99. The van der Waals surface area contributed by atoms with E-state index in [2.05, 4.69) is 54.6 Å². The van der Waals surface area contributed by atoms with Crippen LogP contribution in [0.15, 0.2) is 97.1 Å². The van der Waals surface area contributed by atoms with Crippen molar-refractivity contribution in [3.63, 3.8) is 0 Å². The van der Waals surface area contributed by atoms with Crippen LogP contribution in [0.25, 0.3) is 43.6 Å². The van der Waals surface area contributed by atoms with Crippen LogP contribution in [0, 0.1) is 0 Å². The van der Waals surface area contributed by atoms with E-state index in [1.165, 1.54) is 16.3 Å². The second kappa shape index (κ2) is 11.8. The smallest absolute Gasteiger partial charge is 0.320 e. The molecule has 0 spiro atoms. The number of benzene rings is 4. The summed E-state index contributed by atoms with van der Waals surface area (Å²) in [6, 6.07) is 33.3. The van der Waals surface area contributed by atoms with Gasteiger partial charge in [-0.05, 0) is 67.6 Å². The van der Waals surface area contributed by atoms with Gasteiger partial charge >= 0.3 is 5.97 Å². The fourth-order valence-corrected chi connectivity index (χ4v) is 5.66. The maximum absolute atomic E-state index is 12.3. The van der Waals surface area contributed by atoms with E-state index in [0.717, 1.165) is 76.9 Å². The Labute approximate surface area is 234 Å². The molecule has 4 aromatic carbocycles. The van der Waals surface area contributed by atoms with Gasteiger partial charge in [-0.3, -0.25) is 4.79 Å². The Morgan fingerprint density at radius 1 is 0.675 bits per heavy atom. The molecule has 2 N–H and O–H groups in total. The van der Waals surface area contributed by atoms with E-state index in [-0.39, 0.29) is 18.6 Å². The quantitative estimate of drug-likeness (QED) is 0.112. The van der Waals surface area contributed by atoms with Crippen molar-refractivity contribution in [3.8, 4) is 0 Å². The summed E-state index contributed by atoms with van der Waals surface area (Å²) in [5, 5.41) is 4.51. The third-order valence-electron chi connectivity index (χ3n) is 7.69. The molecule has 0 fully saturated rings. The zero-order chi connectivity index (χ0) is 27.3. The number of carbonyl (C=O) groups excluding carboxylic acids is 1. The van der Waals surface area contributed by atoms with Crippen LogP contribution in [0.2, 0.25) is 0 Å². The molecular formula is C35H33N3O2. The van der Waals surface area contributed by atoms with Gasteiger partial charge in [0.2, 0.25) is 0 Å². The summed E-state index contributed by atoms with van der Waals surface area (Å²) in [6.45, 7) is -0.127. The summed E-state index contributed by atoms with van der Waals surface area (Å²) < 4.78 is 5.87. The molecule has 5 heteroatoms. The van der Waals surface area contributed by atoms with Gasteiger partial charge in [-0.25, -0.2) is 9.97 Å². The zero-order valence-corrected chi connectivity index (χ0v) is 22.6. The van der Waals surface area contributed by atoms with Gasteiger partial charge in [0.05, 0.1) is 28.6 Å². The number of ether oxygens (including phenoxy) is 1. The van der Waals surface area contributed by atoms with Crippen molar-refractivity contribution in [3.05, 3.63) is 108 Å². The van der Waals surface area contributed by atoms with Crippen LogP contribution in [-0.4, -0.2) is 22.5 Å². The van der Waals surface area contributed by atoms with E-state index in [1.54, 1.807) is 0 Å². The highest BCUT2D eigenvalue weighted by atomic mass is 16.5. The number of esters is 1. The number of para-hydroxylation sites is 2. The minimum Gasteiger partial charge on any atom is -0.457 e. The molecule has 0 saturated carbocycles. The number of hydrogen-bond donors (Lipinski definition) is 1. The van der Waals surface area contributed by atoms with Crippen LogP contribution in [0.5, 0.6) is 0 Å². The lowest BCUT2D eigenvalue weighted by Crippen LogP contribution is -2.20. The normalized spacial score (nSPS) is 12.3. The van der Waals surface area contributed by atoms with Crippen LogP contribution in [0.3, 0.4) is 0 Å². The number of pyridine rings is 2. The number of nitrogens with two attached hydrogens (primary N) is 1. The third-order valence-corrected chi connectivity index (χ3v) is 7.69. The molecule has 1 unspecified atom stereocenters. The third kappa shape index (κ3) is 5.51. The van der Waals surface area contributed by atoms with Gasteiger partial charge in [-0.2, -0.15) is 0 Å². The fourth-order valence-electron chi connectivity index (χ4n) is 5.66. The highest BCUT2D eigenvalue weighted by Crippen LogP contribution is 2.32. The van der Waals surface area contributed by atoms with Crippen LogP contribution in [0.1, 0.15) is 49.3 Å². The van der Waals surface area contributed by atoms with Crippen molar-refractivity contribution >= 4 is 49.6 Å². The average molecular weight is 528 g/mol. The van der Waals surface area contributed by atoms with Crippen molar-refractivity contribution in [2.45, 2.75) is 44.6 Å². The van der Waals surface area contributed by atoms with Gasteiger partial charge < -0.3 is 10.5 Å². The van der Waals surface area contributed by atoms with E-state index in [0.29, 0.717) is 0 Å². The molecule has 6 aromatic rings. The van der Waals surface area contributed by atoms with Crippen molar-refractivity contribution in [2.75, 3.05) is 6.54 Å². The Balaban J connectivity index is 1.12. The first-order chi connectivity index (χ1) is 19.7. The number of rotatable bonds is 10. The molecule has 1 atom stereocenters. The summed E-state index contributed by atoms with van der Waals surface area (Å²) >= 11 is 0. The second-order valence-corrected chi connectivity index (χ2v) is 10.4. The van der Waals surface area contributed by atoms with Gasteiger partial charge in [-0.1, -0.05) is 73.5 Å². The molecule has 6 rings (SSSR count). The van der Waals surface area contributed by atoms with E-state index >= 15 is 0 Å². The molecule has 0 saturated heterocycles. The summed E-state index contributed by atoms with van der Waals surface area (Å²) in [5.74, 6) is -0.382. The SMILES string of the molecule is NCC(=O)OC(CCCCCCc1cccc2nc3ccccc3cc12)c1cccc2nc3ccccc3cc12.